The molecule has 0 amide bonds. The van der Waals surface area contributed by atoms with Crippen molar-refractivity contribution in [2.24, 2.45) is 0 Å². The zero-order chi connectivity index (χ0) is 17.7. The Morgan fingerprint density at radius 1 is 1.08 bits per heavy atom. The van der Waals surface area contributed by atoms with E-state index < -0.39 is 40.7 Å². The third-order valence-corrected chi connectivity index (χ3v) is 5.58. The molecular weight excluding hydrogens is 336 g/mol. The summed E-state index contributed by atoms with van der Waals surface area (Å²) in [6.07, 6.45) is -2.92. The molecule has 0 aliphatic carbocycles. The minimum atomic E-state index is -2.10. The fourth-order valence-corrected chi connectivity index (χ4v) is 4.32. The third-order valence-electron chi connectivity index (χ3n) is 4.02. The highest BCUT2D eigenvalue weighted by atomic mass is 32.2. The lowest BCUT2D eigenvalue weighted by Crippen LogP contribution is -2.69. The lowest BCUT2D eigenvalue weighted by Gasteiger charge is -2.47. The average molecular weight is 360 g/mol. The van der Waals surface area contributed by atoms with Gasteiger partial charge in [-0.1, -0.05) is 18.2 Å². The largest absolute Gasteiger partial charge is 0.607 e. The lowest BCUT2D eigenvalue weighted by atomic mass is 9.98. The van der Waals surface area contributed by atoms with Crippen LogP contribution in [-0.4, -0.2) is 74.2 Å². The van der Waals surface area contributed by atoms with Gasteiger partial charge < -0.3 is 28.6 Å². The van der Waals surface area contributed by atoms with E-state index in [0.29, 0.717) is 4.90 Å². The van der Waals surface area contributed by atoms with Crippen LogP contribution in [0.3, 0.4) is 0 Å². The third kappa shape index (κ3) is 3.61. The van der Waals surface area contributed by atoms with E-state index in [-0.39, 0.29) is 6.61 Å². The number of hydrogen-bond acceptors (Lipinski definition) is 7. The number of hydrogen-bond donors (Lipinski definition) is 1. The molecule has 24 heavy (non-hydrogen) atoms. The van der Waals surface area contributed by atoms with Crippen molar-refractivity contribution in [2.75, 3.05) is 35.0 Å². The second-order valence-corrected chi connectivity index (χ2v) is 6.97. The van der Waals surface area contributed by atoms with E-state index in [9.17, 15) is 9.66 Å². The molecule has 8 heteroatoms. The van der Waals surface area contributed by atoms with Crippen molar-refractivity contribution in [1.29, 1.82) is 0 Å². The molecule has 2 rings (SSSR count). The van der Waals surface area contributed by atoms with Gasteiger partial charge in [-0.15, -0.1) is 0 Å². The number of benzene rings is 1. The molecule has 1 N–H and O–H groups in total. The normalized spacial score (nSPS) is 34.9. The molecule has 0 radical (unpaired) electrons. The Hall–Kier alpha value is -0.710. The molecule has 7 nitrogen and oxygen atoms in total. The van der Waals surface area contributed by atoms with E-state index in [1.54, 1.807) is 30.3 Å². The van der Waals surface area contributed by atoms with Crippen molar-refractivity contribution in [2.45, 2.75) is 34.4 Å². The molecule has 1 heterocycles. The highest BCUT2D eigenvalue weighted by Crippen LogP contribution is 2.39. The lowest BCUT2D eigenvalue weighted by molar-refractivity contribution is -0.321. The molecule has 1 saturated heterocycles. The van der Waals surface area contributed by atoms with Crippen molar-refractivity contribution in [3.8, 4) is 0 Å². The van der Waals surface area contributed by atoms with Gasteiger partial charge in [0.1, 0.15) is 18.3 Å². The zero-order valence-electron chi connectivity index (χ0n) is 14.2. The quantitative estimate of drug-likeness (QED) is 0.710. The van der Waals surface area contributed by atoms with E-state index in [1.165, 1.54) is 28.4 Å². The second-order valence-electron chi connectivity index (χ2n) is 5.38. The average Bonchev–Trinajstić information content (AvgIpc) is 2.61. The molecule has 1 aromatic rings. The first-order valence-corrected chi connectivity index (χ1v) is 8.62. The van der Waals surface area contributed by atoms with Crippen LogP contribution >= 0.6 is 0 Å². The predicted molar refractivity (Wildman–Crippen MR) is 86.9 cm³/mol. The van der Waals surface area contributed by atoms with Gasteiger partial charge in [0.05, 0.1) is 17.8 Å². The SMILES string of the molecule is COC[C@H]1O[C@](O)([S+]([O-])c2ccccc2)[C@H](OC)[C@@H](OC)[C@H]1OC. The van der Waals surface area contributed by atoms with Gasteiger partial charge in [0.15, 0.2) is 11.0 Å². The molecule has 0 spiro atoms. The first-order valence-electron chi connectivity index (χ1n) is 7.47. The van der Waals surface area contributed by atoms with Crippen molar-refractivity contribution in [3.05, 3.63) is 30.3 Å². The highest BCUT2D eigenvalue weighted by molar-refractivity contribution is 7.92. The van der Waals surface area contributed by atoms with Crippen molar-refractivity contribution >= 4 is 11.2 Å². The summed E-state index contributed by atoms with van der Waals surface area (Å²) >= 11 is -1.91. The summed E-state index contributed by atoms with van der Waals surface area (Å²) in [5.41, 5.74) is 0. The van der Waals surface area contributed by atoms with E-state index in [0.717, 1.165) is 0 Å². The molecule has 1 aliphatic rings. The van der Waals surface area contributed by atoms with E-state index in [1.807, 2.05) is 0 Å². The summed E-state index contributed by atoms with van der Waals surface area (Å²) in [4.78, 5) is 0.420. The van der Waals surface area contributed by atoms with Gasteiger partial charge in [0.25, 0.3) is 0 Å². The Kier molecular flexibility index (Phi) is 7.02. The maximum atomic E-state index is 13.0. The molecule has 6 atom stereocenters. The Labute approximate surface area is 145 Å². The van der Waals surface area contributed by atoms with Crippen LogP contribution in [0.5, 0.6) is 0 Å². The Morgan fingerprint density at radius 3 is 2.21 bits per heavy atom. The summed E-state index contributed by atoms with van der Waals surface area (Å²) in [5, 5.41) is 9.02. The molecule has 0 saturated carbocycles. The van der Waals surface area contributed by atoms with Crippen LogP contribution in [-0.2, 0) is 34.9 Å². The first kappa shape index (κ1) is 19.6. The van der Waals surface area contributed by atoms with Crippen LogP contribution in [0.4, 0.5) is 0 Å². The highest BCUT2D eigenvalue weighted by Gasteiger charge is 2.63. The molecule has 0 bridgehead atoms. The summed E-state index contributed by atoms with van der Waals surface area (Å²) in [6.45, 7) is 0.142. The second kappa shape index (κ2) is 8.59. The monoisotopic (exact) mass is 360 g/mol. The molecule has 136 valence electrons. The van der Waals surface area contributed by atoms with Crippen LogP contribution in [0.2, 0.25) is 0 Å². The smallest absolute Gasteiger partial charge is 0.371 e. The van der Waals surface area contributed by atoms with Crippen LogP contribution in [0.25, 0.3) is 0 Å². The predicted octanol–water partition coefficient (Wildman–Crippen LogP) is 0.530. The van der Waals surface area contributed by atoms with E-state index in [4.69, 9.17) is 23.7 Å². The topological polar surface area (TPSA) is 89.4 Å². The summed E-state index contributed by atoms with van der Waals surface area (Å²) in [7, 11) is 5.89. The molecule has 0 aromatic heterocycles. The van der Waals surface area contributed by atoms with Crippen LogP contribution in [0, 0.1) is 0 Å². The zero-order valence-corrected chi connectivity index (χ0v) is 15.0. The minimum absolute atomic E-state index is 0.142. The van der Waals surface area contributed by atoms with E-state index in [2.05, 4.69) is 0 Å². The molecule has 1 aromatic carbocycles. The molecule has 1 unspecified atom stereocenters. The molecular formula is C16H24O7S. The summed E-state index contributed by atoms with van der Waals surface area (Å²) in [5.74, 6) is 0. The maximum absolute atomic E-state index is 13.0. The fraction of sp³-hybridized carbons (Fsp3) is 0.625. The number of ether oxygens (including phenoxy) is 5. The van der Waals surface area contributed by atoms with Crippen molar-refractivity contribution < 1.29 is 33.3 Å². The summed E-state index contributed by atoms with van der Waals surface area (Å²) < 4.78 is 40.3. The standard InChI is InChI=1S/C16H24O7S/c1-19-10-12-13(20-2)14(21-3)15(22-4)16(17,23-12)24(18)11-8-6-5-7-9-11/h5-9,12-15,17H,10H2,1-4H3/t12-,13+,14+,15-,16+,24?/m1/s1. The van der Waals surface area contributed by atoms with Crippen molar-refractivity contribution in [3.63, 3.8) is 0 Å². The fourth-order valence-electron chi connectivity index (χ4n) is 2.92. The van der Waals surface area contributed by atoms with E-state index >= 15 is 0 Å². The summed E-state index contributed by atoms with van der Waals surface area (Å²) in [6, 6.07) is 8.57. The van der Waals surface area contributed by atoms with Crippen LogP contribution in [0.15, 0.2) is 35.2 Å². The van der Waals surface area contributed by atoms with Gasteiger partial charge >= 0.3 is 5.12 Å². The molecule has 1 fully saturated rings. The van der Waals surface area contributed by atoms with Gasteiger partial charge in [0.2, 0.25) is 0 Å². The number of rotatable bonds is 7. The van der Waals surface area contributed by atoms with Gasteiger partial charge in [0, 0.05) is 28.4 Å². The molecule has 1 aliphatic heterocycles. The van der Waals surface area contributed by atoms with Gasteiger partial charge in [-0.05, 0) is 12.1 Å². The Bertz CT molecular complexity index is 502. The number of aliphatic hydroxyl groups is 1. The van der Waals surface area contributed by atoms with Gasteiger partial charge in [-0.3, -0.25) is 4.74 Å². The first-order chi connectivity index (χ1) is 11.5. The number of methoxy groups -OCH3 is 4. The Balaban J connectivity index is 2.41. The Morgan fingerprint density at radius 2 is 1.71 bits per heavy atom. The maximum Gasteiger partial charge on any atom is 0.371 e. The van der Waals surface area contributed by atoms with Crippen LogP contribution < -0.4 is 0 Å². The van der Waals surface area contributed by atoms with Gasteiger partial charge in [-0.2, -0.15) is 0 Å². The van der Waals surface area contributed by atoms with Crippen molar-refractivity contribution in [1.82, 2.24) is 0 Å². The van der Waals surface area contributed by atoms with Crippen LogP contribution in [0.1, 0.15) is 0 Å². The van der Waals surface area contributed by atoms with Gasteiger partial charge in [-0.25, -0.2) is 0 Å². The minimum Gasteiger partial charge on any atom is -0.607 e.